The highest BCUT2D eigenvalue weighted by Gasteiger charge is 2.27. The molecule has 1 saturated carbocycles. The molecule has 0 radical (unpaired) electrons. The molecule has 2 N–H and O–H groups in total. The molecule has 1 heterocycles. The molecule has 2 aliphatic rings. The van der Waals surface area contributed by atoms with E-state index < -0.39 is 0 Å². The average Bonchev–Trinajstić information content (AvgIpc) is 2.98. The molecular weight excluding hydrogens is 296 g/mol. The molecule has 0 bridgehead atoms. The van der Waals surface area contributed by atoms with E-state index in [4.69, 9.17) is 0 Å². The number of anilines is 1. The first kappa shape index (κ1) is 15.4. The van der Waals surface area contributed by atoms with Crippen LogP contribution in [0, 0.1) is 11.8 Å². The Hall–Kier alpha value is -1.53. The van der Waals surface area contributed by atoms with Gasteiger partial charge in [-0.05, 0) is 30.4 Å². The minimum absolute atomic E-state index is 0.0223. The van der Waals surface area contributed by atoms with E-state index in [2.05, 4.69) is 33.2 Å². The second-order valence-electron chi connectivity index (χ2n) is 6.24. The lowest BCUT2D eigenvalue weighted by Gasteiger charge is -2.34. The number of carbonyl (C=O) groups is 1. The third kappa shape index (κ3) is 3.28. The number of nitrogens with one attached hydrogen (secondary N) is 2. The van der Waals surface area contributed by atoms with E-state index in [0.29, 0.717) is 18.5 Å². The molecule has 22 heavy (non-hydrogen) atoms. The summed E-state index contributed by atoms with van der Waals surface area (Å²) >= 11 is 1.16. The summed E-state index contributed by atoms with van der Waals surface area (Å²) in [6.07, 6.45) is 3.70. The van der Waals surface area contributed by atoms with Crippen molar-refractivity contribution in [2.24, 2.45) is 20.6 Å². The van der Waals surface area contributed by atoms with E-state index in [1.54, 1.807) is 0 Å². The molecule has 0 saturated heterocycles. The molecular formula is C16H22N4OS. The lowest BCUT2D eigenvalue weighted by molar-refractivity contribution is -0.115. The fourth-order valence-electron chi connectivity index (χ4n) is 3.20. The van der Waals surface area contributed by atoms with Crippen LogP contribution in [-0.4, -0.2) is 18.5 Å². The Morgan fingerprint density at radius 2 is 2.18 bits per heavy atom. The van der Waals surface area contributed by atoms with Gasteiger partial charge in [-0.25, -0.2) is 0 Å². The Morgan fingerprint density at radius 1 is 1.32 bits per heavy atom. The second-order valence-corrected chi connectivity index (χ2v) is 6.77. The van der Waals surface area contributed by atoms with Gasteiger partial charge in [0, 0.05) is 6.04 Å². The highest BCUT2D eigenvalue weighted by atomic mass is 32.1. The lowest BCUT2D eigenvalue weighted by Crippen LogP contribution is -2.43. The third-order valence-corrected chi connectivity index (χ3v) is 5.33. The van der Waals surface area contributed by atoms with Crippen LogP contribution in [0.2, 0.25) is 0 Å². The van der Waals surface area contributed by atoms with Crippen LogP contribution >= 0.6 is 0 Å². The van der Waals surface area contributed by atoms with E-state index in [-0.39, 0.29) is 5.91 Å². The first-order valence-corrected chi connectivity index (χ1v) is 8.62. The quantitative estimate of drug-likeness (QED) is 0.901. The van der Waals surface area contributed by atoms with Gasteiger partial charge in [-0.15, -0.1) is 0 Å². The van der Waals surface area contributed by atoms with Crippen LogP contribution in [0.25, 0.3) is 0 Å². The number of amides is 1. The van der Waals surface area contributed by atoms with Crippen LogP contribution in [-0.2, 0) is 16.1 Å². The SMILES string of the molecule is CC1CCCC(NCC(=O)Nc2cccc3c2N=S=N3)C1C. The van der Waals surface area contributed by atoms with Crippen LogP contribution in [0.15, 0.2) is 26.9 Å². The van der Waals surface area contributed by atoms with E-state index in [9.17, 15) is 4.79 Å². The molecule has 1 aromatic carbocycles. The van der Waals surface area contributed by atoms with Gasteiger partial charge >= 0.3 is 0 Å². The summed E-state index contributed by atoms with van der Waals surface area (Å²) in [6.45, 7) is 4.92. The Morgan fingerprint density at radius 3 is 3.05 bits per heavy atom. The zero-order chi connectivity index (χ0) is 15.5. The van der Waals surface area contributed by atoms with Crippen LogP contribution in [0.1, 0.15) is 33.1 Å². The van der Waals surface area contributed by atoms with Gasteiger partial charge in [0.1, 0.15) is 11.4 Å². The molecule has 0 spiro atoms. The molecule has 1 aliphatic carbocycles. The molecule has 3 atom stereocenters. The Bertz CT molecular complexity index is 639. The number of benzene rings is 1. The molecule has 3 unspecified atom stereocenters. The van der Waals surface area contributed by atoms with Crippen LogP contribution in [0.5, 0.6) is 0 Å². The van der Waals surface area contributed by atoms with Crippen LogP contribution in [0.4, 0.5) is 17.1 Å². The lowest BCUT2D eigenvalue weighted by atomic mass is 9.78. The smallest absolute Gasteiger partial charge is 0.238 e. The summed E-state index contributed by atoms with van der Waals surface area (Å²) in [5, 5.41) is 6.36. The van der Waals surface area contributed by atoms with Crippen molar-refractivity contribution in [3.63, 3.8) is 0 Å². The Kier molecular flexibility index (Phi) is 4.69. The standard InChI is InChI=1S/C16H22N4OS/c1-10-5-3-6-12(11(10)2)17-9-15(21)18-13-7-4-8-14-16(13)20-22-19-14/h4,7-8,10-12,17H,3,5-6,9H2,1-2H3,(H,18,21). The van der Waals surface area contributed by atoms with Gasteiger partial charge in [-0.3, -0.25) is 4.79 Å². The maximum atomic E-state index is 12.2. The highest BCUT2D eigenvalue weighted by Crippen LogP contribution is 2.38. The van der Waals surface area contributed by atoms with Crippen molar-refractivity contribution in [1.82, 2.24) is 5.32 Å². The van der Waals surface area contributed by atoms with E-state index >= 15 is 0 Å². The fraction of sp³-hybridized carbons (Fsp3) is 0.562. The van der Waals surface area contributed by atoms with Gasteiger partial charge < -0.3 is 10.6 Å². The maximum absolute atomic E-state index is 12.2. The van der Waals surface area contributed by atoms with E-state index in [1.165, 1.54) is 12.8 Å². The monoisotopic (exact) mass is 318 g/mol. The number of hydrogen-bond donors (Lipinski definition) is 2. The Labute approximate surface area is 134 Å². The largest absolute Gasteiger partial charge is 0.323 e. The fourth-order valence-corrected chi connectivity index (χ4v) is 3.74. The minimum Gasteiger partial charge on any atom is -0.323 e. The molecule has 1 aromatic rings. The van der Waals surface area contributed by atoms with Crippen LogP contribution < -0.4 is 10.6 Å². The normalized spacial score (nSPS) is 26.4. The summed E-state index contributed by atoms with van der Waals surface area (Å²) in [6, 6.07) is 6.09. The van der Waals surface area contributed by atoms with Crippen molar-refractivity contribution < 1.29 is 4.79 Å². The zero-order valence-corrected chi connectivity index (χ0v) is 13.8. The average molecular weight is 318 g/mol. The summed E-state index contributed by atoms with van der Waals surface area (Å²) in [7, 11) is 0. The van der Waals surface area contributed by atoms with E-state index in [0.717, 1.165) is 40.8 Å². The number of nitrogens with zero attached hydrogens (tertiary/aromatic N) is 2. The van der Waals surface area contributed by atoms with Gasteiger partial charge in [-0.1, -0.05) is 32.8 Å². The summed E-state index contributed by atoms with van der Waals surface area (Å²) in [5.74, 6) is 1.32. The number of hydrogen-bond acceptors (Lipinski definition) is 4. The molecule has 1 amide bonds. The van der Waals surface area contributed by atoms with E-state index in [1.807, 2.05) is 18.2 Å². The predicted molar refractivity (Wildman–Crippen MR) is 90.6 cm³/mol. The van der Waals surface area contributed by atoms with Crippen molar-refractivity contribution in [2.75, 3.05) is 11.9 Å². The third-order valence-electron chi connectivity index (χ3n) is 4.79. The van der Waals surface area contributed by atoms with Crippen molar-refractivity contribution in [3.8, 4) is 0 Å². The molecule has 0 aromatic heterocycles. The zero-order valence-electron chi connectivity index (χ0n) is 13.0. The van der Waals surface area contributed by atoms with Crippen LogP contribution in [0.3, 0.4) is 0 Å². The van der Waals surface area contributed by atoms with Gasteiger partial charge in [-0.2, -0.15) is 8.73 Å². The molecule has 1 fully saturated rings. The molecule has 5 nitrogen and oxygen atoms in total. The maximum Gasteiger partial charge on any atom is 0.238 e. The molecule has 118 valence electrons. The van der Waals surface area contributed by atoms with Crippen molar-refractivity contribution >= 4 is 34.3 Å². The summed E-state index contributed by atoms with van der Waals surface area (Å²) < 4.78 is 8.43. The highest BCUT2D eigenvalue weighted by molar-refractivity contribution is 7.58. The second kappa shape index (κ2) is 6.71. The first-order chi connectivity index (χ1) is 10.6. The number of fused-ring (bicyclic) bond motifs is 1. The first-order valence-electron chi connectivity index (χ1n) is 7.89. The molecule has 3 rings (SSSR count). The number of carbonyl (C=O) groups excluding carboxylic acids is 1. The van der Waals surface area contributed by atoms with Gasteiger partial charge in [0.15, 0.2) is 0 Å². The van der Waals surface area contributed by atoms with Crippen molar-refractivity contribution in [3.05, 3.63) is 18.2 Å². The van der Waals surface area contributed by atoms with Gasteiger partial charge in [0.25, 0.3) is 0 Å². The van der Waals surface area contributed by atoms with Gasteiger partial charge in [0.05, 0.1) is 23.6 Å². The van der Waals surface area contributed by atoms with Gasteiger partial charge in [0.2, 0.25) is 5.91 Å². The summed E-state index contributed by atoms with van der Waals surface area (Å²) in [5.41, 5.74) is 2.33. The van der Waals surface area contributed by atoms with Crippen molar-refractivity contribution in [1.29, 1.82) is 0 Å². The number of rotatable bonds is 4. The summed E-state index contributed by atoms with van der Waals surface area (Å²) in [4.78, 5) is 12.2. The molecule has 1 aliphatic heterocycles. The van der Waals surface area contributed by atoms with Crippen molar-refractivity contribution in [2.45, 2.75) is 39.2 Å². The Balaban J connectivity index is 1.55. The predicted octanol–water partition coefficient (Wildman–Crippen LogP) is 3.77. The minimum atomic E-state index is -0.0223. The molecule has 6 heteroatoms. The topological polar surface area (TPSA) is 65.8 Å².